The summed E-state index contributed by atoms with van der Waals surface area (Å²) in [5.41, 5.74) is 1.83. The molecule has 3 aromatic rings. The van der Waals surface area contributed by atoms with Gasteiger partial charge < -0.3 is 10.1 Å². The van der Waals surface area contributed by atoms with Gasteiger partial charge in [-0.1, -0.05) is 12.1 Å². The summed E-state index contributed by atoms with van der Waals surface area (Å²) >= 11 is 0. The van der Waals surface area contributed by atoms with E-state index in [1.54, 1.807) is 30.6 Å². The molecule has 0 unspecified atom stereocenters. The minimum Gasteiger partial charge on any atom is -0.442 e. The van der Waals surface area contributed by atoms with Gasteiger partial charge in [0.15, 0.2) is 0 Å². The van der Waals surface area contributed by atoms with Gasteiger partial charge in [-0.3, -0.25) is 14.7 Å². The molecule has 0 bridgehead atoms. The van der Waals surface area contributed by atoms with E-state index in [2.05, 4.69) is 15.0 Å². The molecule has 2 N–H and O–H groups in total. The summed E-state index contributed by atoms with van der Waals surface area (Å²) in [5, 5.41) is 2.59. The van der Waals surface area contributed by atoms with Crippen LogP contribution in [0.5, 0.6) is 0 Å². The number of anilines is 1. The highest BCUT2D eigenvalue weighted by atomic mass is 32.2. The van der Waals surface area contributed by atoms with Crippen LogP contribution in [0.3, 0.4) is 0 Å². The SMILES string of the molecule is CC(=O)NC[C@H]1CN(c2ccc(-c3ccc(S(=O)(=O)NCc4ccncc4)cc3)c(F)c2)C(=O)O1. The van der Waals surface area contributed by atoms with Gasteiger partial charge in [-0.15, -0.1) is 0 Å². The molecule has 1 aromatic heterocycles. The number of rotatable bonds is 8. The average molecular weight is 499 g/mol. The van der Waals surface area contributed by atoms with Crippen LogP contribution in [0.15, 0.2) is 71.9 Å². The van der Waals surface area contributed by atoms with Crippen molar-refractivity contribution in [2.24, 2.45) is 0 Å². The number of hydrogen-bond acceptors (Lipinski definition) is 6. The molecule has 1 saturated heterocycles. The Morgan fingerprint density at radius 2 is 1.86 bits per heavy atom. The van der Waals surface area contributed by atoms with Gasteiger partial charge >= 0.3 is 6.09 Å². The average Bonchev–Trinajstić information content (AvgIpc) is 3.23. The van der Waals surface area contributed by atoms with Crippen molar-refractivity contribution in [3.05, 3.63) is 78.4 Å². The molecule has 1 atom stereocenters. The van der Waals surface area contributed by atoms with Gasteiger partial charge in [0.2, 0.25) is 15.9 Å². The fourth-order valence-corrected chi connectivity index (χ4v) is 4.60. The van der Waals surface area contributed by atoms with Crippen molar-refractivity contribution >= 4 is 27.7 Å². The van der Waals surface area contributed by atoms with Crippen LogP contribution < -0.4 is 14.9 Å². The number of pyridine rings is 1. The highest BCUT2D eigenvalue weighted by molar-refractivity contribution is 7.89. The molecule has 11 heteroatoms. The molecule has 182 valence electrons. The number of benzene rings is 2. The van der Waals surface area contributed by atoms with E-state index in [0.717, 1.165) is 5.56 Å². The Labute approximate surface area is 202 Å². The molecule has 1 aliphatic heterocycles. The molecule has 35 heavy (non-hydrogen) atoms. The third-order valence-electron chi connectivity index (χ3n) is 5.41. The van der Waals surface area contributed by atoms with Gasteiger partial charge in [0.25, 0.3) is 0 Å². The molecular weight excluding hydrogens is 475 g/mol. The van der Waals surface area contributed by atoms with Gasteiger partial charge in [0.05, 0.1) is 23.7 Å². The number of ether oxygens (including phenoxy) is 1. The zero-order chi connectivity index (χ0) is 25.0. The van der Waals surface area contributed by atoms with Gasteiger partial charge in [-0.05, 0) is 53.6 Å². The zero-order valence-corrected chi connectivity index (χ0v) is 19.6. The van der Waals surface area contributed by atoms with E-state index >= 15 is 0 Å². The van der Waals surface area contributed by atoms with Crippen molar-refractivity contribution in [3.8, 4) is 11.1 Å². The normalized spacial score (nSPS) is 15.7. The van der Waals surface area contributed by atoms with Crippen molar-refractivity contribution in [3.63, 3.8) is 0 Å². The second-order valence-corrected chi connectivity index (χ2v) is 9.69. The van der Waals surface area contributed by atoms with Crippen molar-refractivity contribution in [2.75, 3.05) is 18.0 Å². The maximum absolute atomic E-state index is 14.9. The number of aromatic nitrogens is 1. The predicted molar refractivity (Wildman–Crippen MR) is 126 cm³/mol. The number of hydrogen-bond donors (Lipinski definition) is 2. The smallest absolute Gasteiger partial charge is 0.414 e. The lowest BCUT2D eigenvalue weighted by atomic mass is 10.0. The van der Waals surface area contributed by atoms with Gasteiger partial charge in [0.1, 0.15) is 11.9 Å². The number of nitrogens with zero attached hydrogens (tertiary/aromatic N) is 2. The van der Waals surface area contributed by atoms with Gasteiger partial charge in [0, 0.05) is 31.4 Å². The summed E-state index contributed by atoms with van der Waals surface area (Å²) in [6.07, 6.45) is 2.00. The minimum atomic E-state index is -3.76. The number of halogens is 1. The molecular formula is C24H23FN4O5S. The third kappa shape index (κ3) is 5.81. The summed E-state index contributed by atoms with van der Waals surface area (Å²) in [7, 11) is -3.76. The predicted octanol–water partition coefficient (Wildman–Crippen LogP) is 2.83. The maximum atomic E-state index is 14.9. The Bertz CT molecular complexity index is 1330. The maximum Gasteiger partial charge on any atom is 0.414 e. The lowest BCUT2D eigenvalue weighted by Crippen LogP contribution is -2.33. The monoisotopic (exact) mass is 498 g/mol. The molecule has 1 fully saturated rings. The summed E-state index contributed by atoms with van der Waals surface area (Å²) in [6.45, 7) is 1.83. The molecule has 0 saturated carbocycles. The van der Waals surface area contributed by atoms with E-state index in [-0.39, 0.29) is 36.0 Å². The molecule has 0 radical (unpaired) electrons. The number of cyclic esters (lactones) is 1. The molecule has 4 rings (SSSR count). The topological polar surface area (TPSA) is 118 Å². The first-order chi connectivity index (χ1) is 16.7. The highest BCUT2D eigenvalue weighted by Crippen LogP contribution is 2.29. The van der Waals surface area contributed by atoms with Crippen molar-refractivity contribution in [1.29, 1.82) is 0 Å². The van der Waals surface area contributed by atoms with Crippen LogP contribution in [-0.2, 0) is 26.1 Å². The Balaban J connectivity index is 1.45. The van der Waals surface area contributed by atoms with Crippen LogP contribution >= 0.6 is 0 Å². The number of carbonyl (C=O) groups is 2. The zero-order valence-electron chi connectivity index (χ0n) is 18.8. The van der Waals surface area contributed by atoms with Crippen LogP contribution in [0.1, 0.15) is 12.5 Å². The van der Waals surface area contributed by atoms with Gasteiger partial charge in [-0.2, -0.15) is 0 Å². The molecule has 9 nitrogen and oxygen atoms in total. The third-order valence-corrected chi connectivity index (χ3v) is 6.83. The van der Waals surface area contributed by atoms with Gasteiger partial charge in [-0.25, -0.2) is 22.3 Å². The Morgan fingerprint density at radius 1 is 1.14 bits per heavy atom. The second kappa shape index (κ2) is 10.2. The summed E-state index contributed by atoms with van der Waals surface area (Å²) < 4.78 is 47.8. The largest absolute Gasteiger partial charge is 0.442 e. The Morgan fingerprint density at radius 3 is 2.51 bits per heavy atom. The summed E-state index contributed by atoms with van der Waals surface area (Å²) in [6, 6.07) is 13.6. The van der Waals surface area contributed by atoms with E-state index in [4.69, 9.17) is 4.74 Å². The number of carbonyl (C=O) groups excluding carboxylic acids is 2. The summed E-state index contributed by atoms with van der Waals surface area (Å²) in [5.74, 6) is -0.815. The summed E-state index contributed by atoms with van der Waals surface area (Å²) in [4.78, 5) is 28.5. The highest BCUT2D eigenvalue weighted by Gasteiger charge is 2.32. The molecule has 2 heterocycles. The van der Waals surface area contributed by atoms with Crippen molar-refractivity contribution in [2.45, 2.75) is 24.5 Å². The lowest BCUT2D eigenvalue weighted by molar-refractivity contribution is -0.119. The fourth-order valence-electron chi connectivity index (χ4n) is 3.58. The molecule has 2 aromatic carbocycles. The van der Waals surface area contributed by atoms with E-state index in [9.17, 15) is 22.4 Å². The van der Waals surface area contributed by atoms with Crippen LogP contribution in [0.2, 0.25) is 0 Å². The second-order valence-electron chi connectivity index (χ2n) is 7.92. The van der Waals surface area contributed by atoms with Crippen LogP contribution in [0.25, 0.3) is 11.1 Å². The Hall–Kier alpha value is -3.83. The molecule has 0 aliphatic carbocycles. The van der Waals surface area contributed by atoms with E-state index < -0.39 is 28.0 Å². The van der Waals surface area contributed by atoms with Crippen molar-refractivity contribution < 1.29 is 27.1 Å². The van der Waals surface area contributed by atoms with E-state index in [1.807, 2.05) is 0 Å². The molecule has 0 spiro atoms. The first-order valence-electron chi connectivity index (χ1n) is 10.7. The lowest BCUT2D eigenvalue weighted by Gasteiger charge is -2.15. The first-order valence-corrected chi connectivity index (χ1v) is 12.2. The standard InChI is InChI=1S/C24H23FN4O5S/c1-16(30)27-14-20-15-29(24(31)34-20)19-4-7-22(23(25)12-19)18-2-5-21(6-3-18)35(32,33)28-13-17-8-10-26-11-9-17/h2-12,20,28H,13-15H2,1H3,(H,27,30)/t20-/m0/s1. The van der Waals surface area contributed by atoms with Crippen molar-refractivity contribution in [1.82, 2.24) is 15.0 Å². The van der Waals surface area contributed by atoms with Crippen LogP contribution in [0, 0.1) is 5.82 Å². The minimum absolute atomic E-state index is 0.0531. The fraction of sp³-hybridized carbons (Fsp3) is 0.208. The van der Waals surface area contributed by atoms with E-state index in [0.29, 0.717) is 11.3 Å². The number of amides is 2. The van der Waals surface area contributed by atoms with E-state index in [1.165, 1.54) is 48.2 Å². The molecule has 1 aliphatic rings. The first kappa shape index (κ1) is 24.3. The van der Waals surface area contributed by atoms with Crippen LogP contribution in [0.4, 0.5) is 14.9 Å². The number of sulfonamides is 1. The Kier molecular flexibility index (Phi) is 7.08. The molecule has 2 amide bonds. The quantitative estimate of drug-likeness (QED) is 0.493. The van der Waals surface area contributed by atoms with Crippen LogP contribution in [-0.4, -0.2) is 44.6 Å². The number of nitrogens with one attached hydrogen (secondary N) is 2.